The van der Waals surface area contributed by atoms with Gasteiger partial charge in [0.05, 0.1) is 33.5 Å². The summed E-state index contributed by atoms with van der Waals surface area (Å²) in [4.78, 5) is 37.7. The summed E-state index contributed by atoms with van der Waals surface area (Å²) < 4.78 is 2.11. The van der Waals surface area contributed by atoms with Gasteiger partial charge in [-0.05, 0) is 59.7 Å². The van der Waals surface area contributed by atoms with Gasteiger partial charge in [0.2, 0.25) is 0 Å². The maximum absolute atomic E-state index is 14.0. The maximum atomic E-state index is 14.0. The van der Waals surface area contributed by atoms with Crippen LogP contribution in [0.25, 0.3) is 49.7 Å². The number of rotatable bonds is 4. The molecule has 1 aliphatic heterocycles. The Bertz CT molecular complexity index is 2080. The molecule has 0 radical (unpaired) electrons. The zero-order valence-electron chi connectivity index (χ0n) is 22.3. The molecule has 0 fully saturated rings. The van der Waals surface area contributed by atoms with E-state index in [1.807, 2.05) is 67.0 Å². The Morgan fingerprint density at radius 2 is 1.07 bits per heavy atom. The molecule has 0 unspecified atom stereocenters. The van der Waals surface area contributed by atoms with Crippen LogP contribution >= 0.6 is 0 Å². The van der Waals surface area contributed by atoms with Crippen molar-refractivity contribution in [2.75, 3.05) is 4.90 Å². The first-order valence-corrected chi connectivity index (χ1v) is 13.7. The SMILES string of the molecule is O=C1c2cccc(-n3c4cccc(-c5cccnc5)c4c4c(-c5cccnc5)cccc43)c2C(=O)N1c1ccccc1. The number of fused-ring (bicyclic) bond motifs is 4. The molecule has 8 rings (SSSR count). The van der Waals surface area contributed by atoms with Crippen LogP contribution in [0.15, 0.2) is 134 Å². The Labute approximate surface area is 241 Å². The Morgan fingerprint density at radius 1 is 0.500 bits per heavy atom. The normalized spacial score (nSPS) is 12.8. The second-order valence-corrected chi connectivity index (χ2v) is 10.2. The van der Waals surface area contributed by atoms with E-state index < -0.39 is 0 Å². The summed E-state index contributed by atoms with van der Waals surface area (Å²) in [7, 11) is 0. The predicted molar refractivity (Wildman–Crippen MR) is 165 cm³/mol. The first-order valence-electron chi connectivity index (χ1n) is 13.7. The second kappa shape index (κ2) is 9.35. The van der Waals surface area contributed by atoms with Gasteiger partial charge in [-0.15, -0.1) is 0 Å². The van der Waals surface area contributed by atoms with E-state index in [1.54, 1.807) is 30.6 Å². The van der Waals surface area contributed by atoms with Gasteiger partial charge in [-0.25, -0.2) is 4.90 Å². The molecule has 1 aliphatic rings. The Hall–Kier alpha value is -5.88. The van der Waals surface area contributed by atoms with Crippen LogP contribution in [0.2, 0.25) is 0 Å². The van der Waals surface area contributed by atoms with Gasteiger partial charge in [-0.2, -0.15) is 0 Å². The molecule has 0 saturated heterocycles. The van der Waals surface area contributed by atoms with Gasteiger partial charge in [0.15, 0.2) is 0 Å². The zero-order valence-corrected chi connectivity index (χ0v) is 22.3. The fraction of sp³-hybridized carbons (Fsp3) is 0. The lowest BCUT2D eigenvalue weighted by Crippen LogP contribution is -2.29. The summed E-state index contributed by atoms with van der Waals surface area (Å²) in [5, 5.41) is 2.07. The number of anilines is 1. The minimum Gasteiger partial charge on any atom is -0.308 e. The highest BCUT2D eigenvalue weighted by Crippen LogP contribution is 2.44. The average molecular weight is 543 g/mol. The van der Waals surface area contributed by atoms with Gasteiger partial charge in [-0.1, -0.05) is 60.7 Å². The molecular formula is C36H22N4O2. The number of amides is 2. The molecule has 0 N–H and O–H groups in total. The lowest BCUT2D eigenvalue weighted by Gasteiger charge is -2.14. The second-order valence-electron chi connectivity index (χ2n) is 10.2. The molecule has 42 heavy (non-hydrogen) atoms. The number of carbonyl (C=O) groups is 2. The monoisotopic (exact) mass is 542 g/mol. The first kappa shape index (κ1) is 24.0. The smallest absolute Gasteiger partial charge is 0.268 e. The summed E-state index contributed by atoms with van der Waals surface area (Å²) in [5.41, 5.74) is 7.88. The number of nitrogens with zero attached hydrogens (tertiary/aromatic N) is 4. The van der Waals surface area contributed by atoms with Crippen molar-refractivity contribution < 1.29 is 9.59 Å². The summed E-state index contributed by atoms with van der Waals surface area (Å²) in [6, 6.07) is 34.9. The van der Waals surface area contributed by atoms with Crippen LogP contribution in [-0.2, 0) is 0 Å². The zero-order chi connectivity index (χ0) is 28.2. The fourth-order valence-electron chi connectivity index (χ4n) is 6.16. The number of aromatic nitrogens is 3. The molecule has 6 nitrogen and oxygen atoms in total. The lowest BCUT2D eigenvalue weighted by molar-refractivity contribution is 0.0926. The highest BCUT2D eigenvalue weighted by atomic mass is 16.2. The fourth-order valence-corrected chi connectivity index (χ4v) is 6.16. The van der Waals surface area contributed by atoms with E-state index in [-0.39, 0.29) is 11.8 Å². The number of imide groups is 1. The van der Waals surface area contributed by atoms with Crippen molar-refractivity contribution in [3.8, 4) is 27.9 Å². The quantitative estimate of drug-likeness (QED) is 0.214. The minimum absolute atomic E-state index is 0.323. The molecule has 4 aromatic carbocycles. The van der Waals surface area contributed by atoms with Gasteiger partial charge >= 0.3 is 0 Å². The summed E-state index contributed by atoms with van der Waals surface area (Å²) >= 11 is 0. The number of benzene rings is 4. The molecule has 0 aliphatic carbocycles. The highest BCUT2D eigenvalue weighted by molar-refractivity contribution is 6.36. The van der Waals surface area contributed by atoms with Crippen LogP contribution < -0.4 is 4.90 Å². The Morgan fingerprint density at radius 3 is 1.64 bits per heavy atom. The van der Waals surface area contributed by atoms with Crippen molar-refractivity contribution in [3.05, 3.63) is 145 Å². The van der Waals surface area contributed by atoms with E-state index in [9.17, 15) is 9.59 Å². The van der Waals surface area contributed by atoms with Gasteiger partial charge in [0.25, 0.3) is 11.8 Å². The maximum Gasteiger partial charge on any atom is 0.268 e. The number of hydrogen-bond donors (Lipinski definition) is 0. The van der Waals surface area contributed by atoms with E-state index in [0.29, 0.717) is 22.5 Å². The average Bonchev–Trinajstić information content (AvgIpc) is 3.53. The van der Waals surface area contributed by atoms with Gasteiger partial charge in [0, 0.05) is 46.7 Å². The molecule has 0 spiro atoms. The molecule has 2 amide bonds. The molecule has 0 saturated carbocycles. The molecule has 4 heterocycles. The van der Waals surface area contributed by atoms with Crippen molar-refractivity contribution >= 4 is 39.3 Å². The van der Waals surface area contributed by atoms with Crippen LogP contribution in [-0.4, -0.2) is 26.3 Å². The summed E-state index contributed by atoms with van der Waals surface area (Å²) in [6.07, 6.45) is 7.26. The van der Waals surface area contributed by atoms with Crippen LogP contribution in [0.5, 0.6) is 0 Å². The van der Waals surface area contributed by atoms with Crippen LogP contribution in [0.3, 0.4) is 0 Å². The standard InChI is InChI=1S/C36H22N4O2/c41-35-28-15-6-18-31(34(28)36(42)39(35)25-11-2-1-3-12-25)40-29-16-4-13-26(23-9-7-19-37-21-23)32(29)33-27(14-5-17-30(33)40)24-10-8-20-38-22-24/h1-22H. The third kappa shape index (κ3) is 3.45. The van der Waals surface area contributed by atoms with E-state index in [0.717, 1.165) is 44.1 Å². The molecule has 6 heteroatoms. The first-order chi connectivity index (χ1) is 20.7. The molecule has 7 aromatic rings. The van der Waals surface area contributed by atoms with Crippen molar-refractivity contribution in [1.29, 1.82) is 0 Å². The number of pyridine rings is 2. The van der Waals surface area contributed by atoms with Crippen LogP contribution in [0.1, 0.15) is 20.7 Å². The third-order valence-electron chi connectivity index (χ3n) is 7.91. The number of hydrogen-bond acceptors (Lipinski definition) is 4. The molecule has 3 aromatic heterocycles. The van der Waals surface area contributed by atoms with Crippen LogP contribution in [0, 0.1) is 0 Å². The highest BCUT2D eigenvalue weighted by Gasteiger charge is 2.39. The van der Waals surface area contributed by atoms with E-state index in [4.69, 9.17) is 0 Å². The van der Waals surface area contributed by atoms with Crippen molar-refractivity contribution in [2.45, 2.75) is 0 Å². The van der Waals surface area contributed by atoms with Crippen molar-refractivity contribution in [2.24, 2.45) is 0 Å². The topological polar surface area (TPSA) is 68.1 Å². The molecule has 0 bridgehead atoms. The lowest BCUT2D eigenvalue weighted by atomic mass is 9.96. The summed E-state index contributed by atoms with van der Waals surface area (Å²) in [6.45, 7) is 0. The third-order valence-corrected chi connectivity index (χ3v) is 7.91. The molecular weight excluding hydrogens is 520 g/mol. The van der Waals surface area contributed by atoms with Crippen molar-refractivity contribution in [3.63, 3.8) is 0 Å². The molecule has 198 valence electrons. The minimum atomic E-state index is -0.335. The predicted octanol–water partition coefficient (Wildman–Crippen LogP) is 7.71. The van der Waals surface area contributed by atoms with Gasteiger partial charge < -0.3 is 4.57 Å². The Balaban J connectivity index is 1.48. The van der Waals surface area contributed by atoms with E-state index in [1.165, 1.54) is 4.90 Å². The van der Waals surface area contributed by atoms with Gasteiger partial charge in [-0.3, -0.25) is 19.6 Å². The number of para-hydroxylation sites is 1. The molecule has 0 atom stereocenters. The largest absolute Gasteiger partial charge is 0.308 e. The Kier molecular flexibility index (Phi) is 5.34. The van der Waals surface area contributed by atoms with E-state index in [2.05, 4.69) is 50.9 Å². The van der Waals surface area contributed by atoms with Crippen LogP contribution in [0.4, 0.5) is 5.69 Å². The number of carbonyl (C=O) groups excluding carboxylic acids is 2. The van der Waals surface area contributed by atoms with Gasteiger partial charge in [0.1, 0.15) is 0 Å². The summed E-state index contributed by atoms with van der Waals surface area (Å²) in [5.74, 6) is -0.658. The van der Waals surface area contributed by atoms with Crippen molar-refractivity contribution in [1.82, 2.24) is 14.5 Å². The van der Waals surface area contributed by atoms with E-state index >= 15 is 0 Å².